The number of carbonyl (C=O) groups excluding carboxylic acids is 1. The lowest BCUT2D eigenvalue weighted by Crippen LogP contribution is -2.29. The predicted octanol–water partition coefficient (Wildman–Crippen LogP) is 4.15. The van der Waals surface area contributed by atoms with Crippen LogP contribution in [0.15, 0.2) is 45.8 Å². The third kappa shape index (κ3) is 4.39. The number of nitrogens with one attached hydrogen (secondary N) is 1. The Balaban J connectivity index is 1.94. The highest BCUT2D eigenvalue weighted by Crippen LogP contribution is 2.30. The molecule has 0 aliphatic carbocycles. The molecule has 0 saturated carbocycles. The number of halogens is 2. The summed E-state index contributed by atoms with van der Waals surface area (Å²) in [6, 6.07) is 8.97. The Kier molecular flexibility index (Phi) is 5.98. The first-order valence-corrected chi connectivity index (χ1v) is 10.9. The molecule has 1 aliphatic rings. The van der Waals surface area contributed by atoms with Crippen molar-refractivity contribution in [1.82, 2.24) is 4.90 Å². The van der Waals surface area contributed by atoms with Gasteiger partial charge in [0.2, 0.25) is 0 Å². The zero-order valence-corrected chi connectivity index (χ0v) is 17.7. The molecule has 0 radical (unpaired) electrons. The van der Waals surface area contributed by atoms with Crippen molar-refractivity contribution < 1.29 is 17.9 Å². The number of nitrogens with zero attached hydrogens (tertiary/aromatic N) is 1. The van der Waals surface area contributed by atoms with Gasteiger partial charge in [0.25, 0.3) is 15.9 Å². The number of ether oxygens (including phenoxy) is 1. The van der Waals surface area contributed by atoms with Gasteiger partial charge in [0.15, 0.2) is 0 Å². The third-order valence-corrected chi connectivity index (χ3v) is 6.50. The summed E-state index contributed by atoms with van der Waals surface area (Å²) in [5.74, 6) is 0.286. The quantitative estimate of drug-likeness (QED) is 0.708. The van der Waals surface area contributed by atoms with Crippen LogP contribution >= 0.6 is 27.5 Å². The molecule has 0 unspecified atom stereocenters. The molecule has 1 saturated heterocycles. The predicted molar refractivity (Wildman–Crippen MR) is 108 cm³/mol. The van der Waals surface area contributed by atoms with Gasteiger partial charge in [-0.25, -0.2) is 8.42 Å². The molecule has 9 heteroatoms. The summed E-state index contributed by atoms with van der Waals surface area (Å²) in [6.07, 6.45) is 1.88. The van der Waals surface area contributed by atoms with E-state index < -0.39 is 10.0 Å². The Bertz CT molecular complexity index is 975. The second kappa shape index (κ2) is 8.08. The fraction of sp³-hybridized carbons (Fsp3) is 0.278. The number of sulfonamides is 1. The minimum atomic E-state index is -3.90. The van der Waals surface area contributed by atoms with E-state index in [0.29, 0.717) is 28.3 Å². The van der Waals surface area contributed by atoms with Gasteiger partial charge in [-0.2, -0.15) is 0 Å². The molecule has 0 aromatic heterocycles. The fourth-order valence-corrected chi connectivity index (χ4v) is 4.86. The van der Waals surface area contributed by atoms with E-state index in [1.807, 2.05) is 0 Å². The summed E-state index contributed by atoms with van der Waals surface area (Å²) >= 11 is 9.32. The number of hydrogen-bond donors (Lipinski definition) is 1. The molecule has 3 rings (SSSR count). The molecule has 27 heavy (non-hydrogen) atoms. The molecule has 6 nitrogen and oxygen atoms in total. The van der Waals surface area contributed by atoms with Crippen molar-refractivity contribution in [3.05, 3.63) is 51.5 Å². The van der Waals surface area contributed by atoms with Gasteiger partial charge in [-0.05, 0) is 65.2 Å². The number of hydrogen-bond acceptors (Lipinski definition) is 4. The van der Waals surface area contributed by atoms with E-state index >= 15 is 0 Å². The highest BCUT2D eigenvalue weighted by Gasteiger charge is 2.25. The standard InChI is InChI=1S/C18H18BrClN2O4S/c1-26-17-7-5-13(11-15(17)19)27(24,25)21-16-6-4-12(20)10-14(16)18(23)22-8-2-3-9-22/h4-7,10-11,21H,2-3,8-9H2,1H3. The Morgan fingerprint density at radius 2 is 1.89 bits per heavy atom. The molecule has 1 amide bonds. The van der Waals surface area contributed by atoms with Gasteiger partial charge in [-0.15, -0.1) is 0 Å². The number of rotatable bonds is 5. The highest BCUT2D eigenvalue weighted by molar-refractivity contribution is 9.10. The van der Waals surface area contributed by atoms with E-state index in [1.54, 1.807) is 17.0 Å². The van der Waals surface area contributed by atoms with Crippen molar-refractivity contribution in [1.29, 1.82) is 0 Å². The number of benzene rings is 2. The van der Waals surface area contributed by atoms with Crippen molar-refractivity contribution in [2.24, 2.45) is 0 Å². The van der Waals surface area contributed by atoms with Gasteiger partial charge < -0.3 is 9.64 Å². The Labute approximate surface area is 171 Å². The van der Waals surface area contributed by atoms with Crippen LogP contribution in [0.5, 0.6) is 5.75 Å². The average Bonchev–Trinajstić information content (AvgIpc) is 3.17. The Morgan fingerprint density at radius 1 is 1.19 bits per heavy atom. The minimum Gasteiger partial charge on any atom is -0.496 e. The molecule has 0 bridgehead atoms. The van der Waals surface area contributed by atoms with Crippen molar-refractivity contribution in [2.45, 2.75) is 17.7 Å². The number of anilines is 1. The maximum Gasteiger partial charge on any atom is 0.261 e. The first kappa shape index (κ1) is 20.0. The van der Waals surface area contributed by atoms with Gasteiger partial charge in [0.1, 0.15) is 5.75 Å². The molecule has 1 heterocycles. The smallest absolute Gasteiger partial charge is 0.261 e. The van der Waals surface area contributed by atoms with Crippen LogP contribution < -0.4 is 9.46 Å². The lowest BCUT2D eigenvalue weighted by Gasteiger charge is -2.19. The van der Waals surface area contributed by atoms with E-state index in [2.05, 4.69) is 20.7 Å². The topological polar surface area (TPSA) is 75.7 Å². The number of methoxy groups -OCH3 is 1. The minimum absolute atomic E-state index is 0.0460. The van der Waals surface area contributed by atoms with E-state index in [0.717, 1.165) is 12.8 Å². The fourth-order valence-electron chi connectivity index (χ4n) is 2.89. The SMILES string of the molecule is COc1ccc(S(=O)(=O)Nc2ccc(Cl)cc2C(=O)N2CCCC2)cc1Br. The molecule has 0 atom stereocenters. The molecule has 1 fully saturated rings. The lowest BCUT2D eigenvalue weighted by atomic mass is 10.1. The summed E-state index contributed by atoms with van der Waals surface area (Å²) in [7, 11) is -2.41. The highest BCUT2D eigenvalue weighted by atomic mass is 79.9. The first-order chi connectivity index (χ1) is 12.8. The van der Waals surface area contributed by atoms with Crippen molar-refractivity contribution >= 4 is 49.1 Å². The number of carbonyl (C=O) groups is 1. The largest absolute Gasteiger partial charge is 0.496 e. The molecule has 2 aromatic carbocycles. The maximum absolute atomic E-state index is 12.8. The van der Waals surface area contributed by atoms with E-state index in [4.69, 9.17) is 16.3 Å². The van der Waals surface area contributed by atoms with Gasteiger partial charge in [-0.1, -0.05) is 11.6 Å². The summed E-state index contributed by atoms with van der Waals surface area (Å²) in [5.41, 5.74) is 0.434. The number of amides is 1. The van der Waals surface area contributed by atoms with E-state index in [-0.39, 0.29) is 22.1 Å². The molecule has 1 N–H and O–H groups in total. The van der Waals surface area contributed by atoms with Crippen molar-refractivity contribution in [3.63, 3.8) is 0 Å². The molecule has 1 aliphatic heterocycles. The summed E-state index contributed by atoms with van der Waals surface area (Å²) in [4.78, 5) is 14.5. The molecule has 144 valence electrons. The lowest BCUT2D eigenvalue weighted by molar-refractivity contribution is 0.0794. The molecule has 2 aromatic rings. The van der Waals surface area contributed by atoms with Crippen LogP contribution in [0, 0.1) is 0 Å². The van der Waals surface area contributed by atoms with Gasteiger partial charge in [0, 0.05) is 18.1 Å². The van der Waals surface area contributed by atoms with Gasteiger partial charge in [-0.3, -0.25) is 9.52 Å². The Hall–Kier alpha value is -1.77. The second-order valence-electron chi connectivity index (χ2n) is 6.09. The van der Waals surface area contributed by atoms with Crippen LogP contribution in [0.3, 0.4) is 0 Å². The van der Waals surface area contributed by atoms with Crippen LogP contribution in [-0.4, -0.2) is 39.4 Å². The zero-order chi connectivity index (χ0) is 19.6. The van der Waals surface area contributed by atoms with Crippen LogP contribution in [0.25, 0.3) is 0 Å². The molecular formula is C18H18BrClN2O4S. The van der Waals surface area contributed by atoms with Crippen molar-refractivity contribution in [2.75, 3.05) is 24.9 Å². The van der Waals surface area contributed by atoms with E-state index in [9.17, 15) is 13.2 Å². The first-order valence-electron chi connectivity index (χ1n) is 8.27. The zero-order valence-electron chi connectivity index (χ0n) is 14.5. The van der Waals surface area contributed by atoms with Crippen LogP contribution in [0.2, 0.25) is 5.02 Å². The molecular weight excluding hydrogens is 456 g/mol. The maximum atomic E-state index is 12.8. The van der Waals surface area contributed by atoms with Gasteiger partial charge >= 0.3 is 0 Å². The number of likely N-dealkylation sites (tertiary alicyclic amines) is 1. The normalized spacial score (nSPS) is 14.3. The second-order valence-corrected chi connectivity index (χ2v) is 9.06. The van der Waals surface area contributed by atoms with Crippen LogP contribution in [0.1, 0.15) is 23.2 Å². The summed E-state index contributed by atoms with van der Waals surface area (Å²) < 4.78 is 33.7. The summed E-state index contributed by atoms with van der Waals surface area (Å²) in [6.45, 7) is 1.31. The summed E-state index contributed by atoms with van der Waals surface area (Å²) in [5, 5.41) is 0.368. The van der Waals surface area contributed by atoms with Crippen molar-refractivity contribution in [3.8, 4) is 5.75 Å². The van der Waals surface area contributed by atoms with Crippen LogP contribution in [-0.2, 0) is 10.0 Å². The Morgan fingerprint density at radius 3 is 2.52 bits per heavy atom. The monoisotopic (exact) mass is 472 g/mol. The molecule has 0 spiro atoms. The third-order valence-electron chi connectivity index (χ3n) is 4.28. The van der Waals surface area contributed by atoms with Crippen LogP contribution in [0.4, 0.5) is 5.69 Å². The van der Waals surface area contributed by atoms with E-state index in [1.165, 1.54) is 31.4 Å². The average molecular weight is 474 g/mol. The van der Waals surface area contributed by atoms with Gasteiger partial charge in [0.05, 0.1) is 27.7 Å².